The lowest BCUT2D eigenvalue weighted by Crippen LogP contribution is -2.35. The van der Waals surface area contributed by atoms with E-state index in [1.54, 1.807) is 11.8 Å². The first kappa shape index (κ1) is 10.4. The monoisotopic (exact) mass is 229 g/mol. The summed E-state index contributed by atoms with van der Waals surface area (Å²) >= 11 is 5.51. The van der Waals surface area contributed by atoms with Crippen molar-refractivity contribution in [2.45, 2.75) is 32.2 Å². The fraction of sp³-hybridized carbons (Fsp3) is 0.667. The number of aromatic nitrogens is 2. The molecular weight excluding hydrogens is 218 g/mol. The molecule has 1 aliphatic heterocycles. The largest absolute Gasteiger partial charge is 0.337 e. The third-order valence-corrected chi connectivity index (χ3v) is 2.77. The summed E-state index contributed by atoms with van der Waals surface area (Å²) in [7, 11) is 0. The maximum absolute atomic E-state index is 11.2. The molecule has 1 fully saturated rings. The third kappa shape index (κ3) is 2.12. The molecule has 0 bridgehead atoms. The molecule has 1 saturated heterocycles. The van der Waals surface area contributed by atoms with Crippen molar-refractivity contribution in [1.82, 2.24) is 15.0 Å². The number of piperidine rings is 1. The van der Waals surface area contributed by atoms with E-state index >= 15 is 0 Å². The fourth-order valence-electron chi connectivity index (χ4n) is 1.85. The Kier molecular flexibility index (Phi) is 2.90. The van der Waals surface area contributed by atoms with Gasteiger partial charge in [-0.25, -0.2) is 0 Å². The first-order valence-electron chi connectivity index (χ1n) is 4.95. The summed E-state index contributed by atoms with van der Waals surface area (Å²) in [6, 6.07) is -0.148. The Labute approximate surface area is 92.4 Å². The molecular formula is C9H12ClN3O2. The Balaban J connectivity index is 2.21. The highest BCUT2D eigenvalue weighted by atomic mass is 35.5. The zero-order valence-corrected chi connectivity index (χ0v) is 9.20. The van der Waals surface area contributed by atoms with E-state index in [-0.39, 0.29) is 6.04 Å². The quantitative estimate of drug-likeness (QED) is 0.548. The molecule has 1 amide bonds. The standard InChI is InChI=1S/C9H12ClN3O2/c1-6-11-8(15-12-6)7-4-2-3-5-13(7)9(10)14/h7H,2-5H2,1H3. The minimum absolute atomic E-state index is 0.148. The summed E-state index contributed by atoms with van der Waals surface area (Å²) in [6.07, 6.45) is 2.86. The van der Waals surface area contributed by atoms with E-state index in [1.807, 2.05) is 0 Å². The second-order valence-electron chi connectivity index (χ2n) is 3.64. The van der Waals surface area contributed by atoms with Gasteiger partial charge in [0.25, 0.3) is 0 Å². The molecule has 0 N–H and O–H groups in total. The number of rotatable bonds is 1. The van der Waals surface area contributed by atoms with Crippen molar-refractivity contribution in [3.63, 3.8) is 0 Å². The summed E-state index contributed by atoms with van der Waals surface area (Å²) < 4.78 is 5.07. The lowest BCUT2D eigenvalue weighted by atomic mass is 10.0. The average Bonchev–Trinajstić information content (AvgIpc) is 2.65. The van der Waals surface area contributed by atoms with Crippen molar-refractivity contribution < 1.29 is 9.32 Å². The van der Waals surface area contributed by atoms with Crippen LogP contribution in [0.3, 0.4) is 0 Å². The smallest absolute Gasteiger partial charge is 0.317 e. The van der Waals surface area contributed by atoms with Crippen LogP contribution in [0.5, 0.6) is 0 Å². The molecule has 2 rings (SSSR count). The highest BCUT2D eigenvalue weighted by Gasteiger charge is 2.30. The van der Waals surface area contributed by atoms with Gasteiger partial charge in [-0.15, -0.1) is 0 Å². The summed E-state index contributed by atoms with van der Waals surface area (Å²) in [6.45, 7) is 2.41. The minimum Gasteiger partial charge on any atom is -0.337 e. The Morgan fingerprint density at radius 3 is 3.00 bits per heavy atom. The van der Waals surface area contributed by atoms with Crippen molar-refractivity contribution in [3.05, 3.63) is 11.7 Å². The van der Waals surface area contributed by atoms with E-state index in [2.05, 4.69) is 10.1 Å². The van der Waals surface area contributed by atoms with Crippen LogP contribution in [0.1, 0.15) is 37.0 Å². The van der Waals surface area contributed by atoms with E-state index < -0.39 is 5.37 Å². The van der Waals surface area contributed by atoms with Crippen molar-refractivity contribution in [2.24, 2.45) is 0 Å². The Hall–Kier alpha value is -1.10. The predicted octanol–water partition coefficient (Wildman–Crippen LogP) is 2.26. The predicted molar refractivity (Wildman–Crippen MR) is 53.6 cm³/mol. The van der Waals surface area contributed by atoms with Crippen LogP contribution in [0, 0.1) is 6.92 Å². The third-order valence-electron chi connectivity index (χ3n) is 2.56. The molecule has 1 aromatic heterocycles. The van der Waals surface area contributed by atoms with Crippen LogP contribution < -0.4 is 0 Å². The molecule has 1 aromatic rings. The highest BCUT2D eigenvalue weighted by Crippen LogP contribution is 2.30. The van der Waals surface area contributed by atoms with Gasteiger partial charge in [0, 0.05) is 6.54 Å². The lowest BCUT2D eigenvalue weighted by Gasteiger charge is -2.31. The van der Waals surface area contributed by atoms with Crippen LogP contribution >= 0.6 is 11.6 Å². The summed E-state index contributed by atoms with van der Waals surface area (Å²) in [5.41, 5.74) is 0. The van der Waals surface area contributed by atoms with Gasteiger partial charge in [0.15, 0.2) is 5.82 Å². The van der Waals surface area contributed by atoms with Gasteiger partial charge in [0.1, 0.15) is 6.04 Å². The normalized spacial score (nSPS) is 21.7. The Morgan fingerprint density at radius 2 is 2.40 bits per heavy atom. The second kappa shape index (κ2) is 4.18. The zero-order chi connectivity index (χ0) is 10.8. The molecule has 2 heterocycles. The van der Waals surface area contributed by atoms with Crippen molar-refractivity contribution in [2.75, 3.05) is 6.54 Å². The van der Waals surface area contributed by atoms with Crippen molar-refractivity contribution in [3.8, 4) is 0 Å². The number of aryl methyl sites for hydroxylation is 1. The first-order chi connectivity index (χ1) is 7.18. The fourth-order valence-corrected chi connectivity index (χ4v) is 2.05. The molecule has 5 nitrogen and oxygen atoms in total. The van der Waals surface area contributed by atoms with Gasteiger partial charge in [-0.3, -0.25) is 4.79 Å². The van der Waals surface area contributed by atoms with E-state index in [4.69, 9.17) is 16.1 Å². The summed E-state index contributed by atoms with van der Waals surface area (Å²) in [5.74, 6) is 1.07. The van der Waals surface area contributed by atoms with E-state index in [0.717, 1.165) is 19.3 Å². The van der Waals surface area contributed by atoms with Crippen LogP contribution in [-0.4, -0.2) is 27.0 Å². The lowest BCUT2D eigenvalue weighted by molar-refractivity contribution is 0.149. The van der Waals surface area contributed by atoms with Gasteiger partial charge in [-0.1, -0.05) is 5.16 Å². The maximum atomic E-state index is 11.2. The molecule has 15 heavy (non-hydrogen) atoms. The van der Waals surface area contributed by atoms with Gasteiger partial charge in [0.05, 0.1) is 0 Å². The molecule has 0 saturated carbocycles. The van der Waals surface area contributed by atoms with Gasteiger partial charge < -0.3 is 9.42 Å². The van der Waals surface area contributed by atoms with Gasteiger partial charge >= 0.3 is 5.37 Å². The minimum atomic E-state index is -0.449. The molecule has 0 aromatic carbocycles. The van der Waals surface area contributed by atoms with E-state index in [0.29, 0.717) is 18.3 Å². The number of carbonyl (C=O) groups excluding carboxylic acids is 1. The van der Waals surface area contributed by atoms with Crippen LogP contribution in [0.15, 0.2) is 4.52 Å². The van der Waals surface area contributed by atoms with Gasteiger partial charge in [-0.05, 0) is 37.8 Å². The molecule has 1 atom stereocenters. The SMILES string of the molecule is Cc1noc(C2CCCCN2C(=O)Cl)n1. The number of halogens is 1. The molecule has 1 aliphatic rings. The molecule has 82 valence electrons. The number of hydrogen-bond acceptors (Lipinski definition) is 4. The van der Waals surface area contributed by atoms with Crippen LogP contribution in [0.25, 0.3) is 0 Å². The topological polar surface area (TPSA) is 59.2 Å². The van der Waals surface area contributed by atoms with Crippen LogP contribution in [0.2, 0.25) is 0 Å². The number of hydrogen-bond donors (Lipinski definition) is 0. The number of carbonyl (C=O) groups is 1. The van der Waals surface area contributed by atoms with Crippen molar-refractivity contribution >= 4 is 17.0 Å². The maximum Gasteiger partial charge on any atom is 0.317 e. The second-order valence-corrected chi connectivity index (χ2v) is 3.96. The average molecular weight is 230 g/mol. The van der Waals surface area contributed by atoms with Crippen LogP contribution in [0.4, 0.5) is 4.79 Å². The summed E-state index contributed by atoms with van der Waals surface area (Å²) in [5, 5.41) is 3.27. The molecule has 1 unspecified atom stereocenters. The highest BCUT2D eigenvalue weighted by molar-refractivity contribution is 6.62. The zero-order valence-electron chi connectivity index (χ0n) is 8.44. The van der Waals surface area contributed by atoms with E-state index in [9.17, 15) is 4.79 Å². The van der Waals surface area contributed by atoms with Crippen LogP contribution in [-0.2, 0) is 0 Å². The van der Waals surface area contributed by atoms with Gasteiger partial charge in [-0.2, -0.15) is 4.98 Å². The summed E-state index contributed by atoms with van der Waals surface area (Å²) in [4.78, 5) is 16.9. The molecule has 0 spiro atoms. The van der Waals surface area contributed by atoms with Crippen molar-refractivity contribution in [1.29, 1.82) is 0 Å². The molecule has 0 aliphatic carbocycles. The number of amides is 1. The number of nitrogens with zero attached hydrogens (tertiary/aromatic N) is 3. The first-order valence-corrected chi connectivity index (χ1v) is 5.32. The van der Waals surface area contributed by atoms with E-state index in [1.165, 1.54) is 0 Å². The molecule has 0 radical (unpaired) electrons. The number of likely N-dealkylation sites (tertiary alicyclic amines) is 1. The van der Waals surface area contributed by atoms with Gasteiger partial charge in [0.2, 0.25) is 5.89 Å². The Bertz CT molecular complexity index is 366. The molecule has 6 heteroatoms. The Morgan fingerprint density at radius 1 is 1.60 bits per heavy atom.